The van der Waals surface area contributed by atoms with Gasteiger partial charge in [0.2, 0.25) is 0 Å². The van der Waals surface area contributed by atoms with Gasteiger partial charge in [0.25, 0.3) is 0 Å². The Labute approximate surface area is 181 Å². The van der Waals surface area contributed by atoms with Crippen LogP contribution >= 0.6 is 0 Å². The fraction of sp³-hybridized carbons (Fsp3) is 0.375. The molecule has 7 heteroatoms. The van der Waals surface area contributed by atoms with Gasteiger partial charge in [-0.25, -0.2) is 15.0 Å². The summed E-state index contributed by atoms with van der Waals surface area (Å²) in [7, 11) is 1.69. The van der Waals surface area contributed by atoms with Gasteiger partial charge in [0, 0.05) is 35.5 Å². The smallest absolute Gasteiger partial charge is 0.143 e. The number of imidazole rings is 1. The van der Waals surface area contributed by atoms with Crippen molar-refractivity contribution < 1.29 is 4.74 Å². The van der Waals surface area contributed by atoms with Crippen LogP contribution in [0.15, 0.2) is 36.7 Å². The van der Waals surface area contributed by atoms with Crippen LogP contribution in [0.2, 0.25) is 0 Å². The lowest BCUT2D eigenvalue weighted by Gasteiger charge is -2.38. The number of H-pyrrole nitrogens is 2. The Morgan fingerprint density at radius 3 is 2.65 bits per heavy atom. The Balaban J connectivity index is 1.39. The molecule has 7 nitrogen and oxygen atoms in total. The number of rotatable bonds is 4. The highest BCUT2D eigenvalue weighted by Crippen LogP contribution is 2.38. The molecule has 5 rings (SSSR count). The van der Waals surface area contributed by atoms with Crippen molar-refractivity contribution >= 4 is 16.9 Å². The number of hydrogen-bond acceptors (Lipinski definition) is 5. The molecule has 1 aliphatic heterocycles. The summed E-state index contributed by atoms with van der Waals surface area (Å²) in [4.78, 5) is 23.3. The molecule has 2 N–H and O–H groups in total. The number of benzene rings is 1. The number of nitrogens with one attached hydrogen (secondary N) is 2. The van der Waals surface area contributed by atoms with Gasteiger partial charge in [-0.15, -0.1) is 0 Å². The van der Waals surface area contributed by atoms with Gasteiger partial charge in [0.05, 0.1) is 18.2 Å². The number of fused-ring (bicyclic) bond motifs is 1. The highest BCUT2D eigenvalue weighted by Gasteiger charge is 2.35. The van der Waals surface area contributed by atoms with Gasteiger partial charge in [0.15, 0.2) is 0 Å². The minimum Gasteiger partial charge on any atom is -0.497 e. The molecule has 1 fully saturated rings. The van der Waals surface area contributed by atoms with Crippen molar-refractivity contribution in [3.63, 3.8) is 0 Å². The van der Waals surface area contributed by atoms with Gasteiger partial charge in [-0.1, -0.05) is 19.1 Å². The lowest BCUT2D eigenvalue weighted by molar-refractivity contribution is 0.345. The summed E-state index contributed by atoms with van der Waals surface area (Å²) < 4.78 is 5.39. The second-order valence-electron chi connectivity index (χ2n) is 8.75. The Morgan fingerprint density at radius 2 is 1.87 bits per heavy atom. The van der Waals surface area contributed by atoms with Gasteiger partial charge in [0.1, 0.15) is 29.4 Å². The molecule has 1 aromatic carbocycles. The fourth-order valence-electron chi connectivity index (χ4n) is 4.56. The summed E-state index contributed by atoms with van der Waals surface area (Å²) in [6, 6.07) is 10.2. The van der Waals surface area contributed by atoms with Crippen LogP contribution in [-0.4, -0.2) is 45.1 Å². The third kappa shape index (κ3) is 3.44. The number of hydrogen-bond donors (Lipinski definition) is 2. The van der Waals surface area contributed by atoms with Crippen molar-refractivity contribution in [1.29, 1.82) is 0 Å². The van der Waals surface area contributed by atoms with E-state index in [1.165, 1.54) is 0 Å². The zero-order valence-electron chi connectivity index (χ0n) is 18.5. The first-order valence-electron chi connectivity index (χ1n) is 10.7. The van der Waals surface area contributed by atoms with Crippen molar-refractivity contribution in [3.8, 4) is 17.0 Å². The van der Waals surface area contributed by atoms with E-state index in [0.29, 0.717) is 0 Å². The number of piperidine rings is 1. The van der Waals surface area contributed by atoms with Gasteiger partial charge >= 0.3 is 0 Å². The zero-order valence-corrected chi connectivity index (χ0v) is 18.5. The average Bonchev–Trinajstić information content (AvgIpc) is 3.36. The number of methoxy groups -OCH3 is 1. The lowest BCUT2D eigenvalue weighted by atomic mass is 9.79. The van der Waals surface area contributed by atoms with E-state index in [1.54, 1.807) is 13.4 Å². The number of ether oxygens (including phenoxy) is 1. The molecule has 0 amide bonds. The normalized spacial score (nSPS) is 16.1. The molecule has 4 heterocycles. The number of aromatic amines is 2. The highest BCUT2D eigenvalue weighted by molar-refractivity contribution is 5.88. The van der Waals surface area contributed by atoms with Crippen molar-refractivity contribution in [3.05, 3.63) is 53.9 Å². The number of aryl methyl sites for hydroxylation is 2. The fourth-order valence-corrected chi connectivity index (χ4v) is 4.56. The molecule has 0 saturated carbocycles. The molecule has 1 aliphatic rings. The number of aromatic nitrogens is 5. The molecule has 31 heavy (non-hydrogen) atoms. The van der Waals surface area contributed by atoms with Crippen molar-refractivity contribution in [2.45, 2.75) is 39.0 Å². The van der Waals surface area contributed by atoms with Gasteiger partial charge in [-0.05, 0) is 44.9 Å². The van der Waals surface area contributed by atoms with E-state index in [-0.39, 0.29) is 5.41 Å². The van der Waals surface area contributed by atoms with Crippen LogP contribution in [0.1, 0.15) is 37.0 Å². The number of anilines is 1. The minimum absolute atomic E-state index is 0.00140. The first kappa shape index (κ1) is 19.6. The van der Waals surface area contributed by atoms with Crippen LogP contribution in [0, 0.1) is 13.8 Å². The highest BCUT2D eigenvalue weighted by atomic mass is 16.5. The molecule has 3 aromatic heterocycles. The average molecular weight is 417 g/mol. The Hall–Kier alpha value is -3.35. The molecule has 0 spiro atoms. The van der Waals surface area contributed by atoms with E-state index in [9.17, 15) is 0 Å². The lowest BCUT2D eigenvalue weighted by Crippen LogP contribution is -2.42. The van der Waals surface area contributed by atoms with Crippen LogP contribution in [0.4, 0.5) is 5.82 Å². The third-order valence-corrected chi connectivity index (χ3v) is 6.51. The Morgan fingerprint density at radius 1 is 1.06 bits per heavy atom. The quantitative estimate of drug-likeness (QED) is 0.511. The molecular weight excluding hydrogens is 388 g/mol. The molecule has 4 aromatic rings. The van der Waals surface area contributed by atoms with Gasteiger partial charge in [-0.3, -0.25) is 0 Å². The molecule has 0 atom stereocenters. The van der Waals surface area contributed by atoms with Crippen molar-refractivity contribution in [1.82, 2.24) is 24.9 Å². The van der Waals surface area contributed by atoms with E-state index < -0.39 is 0 Å². The van der Waals surface area contributed by atoms with E-state index in [2.05, 4.69) is 57.7 Å². The van der Waals surface area contributed by atoms with E-state index in [4.69, 9.17) is 9.72 Å². The Kier molecular flexibility index (Phi) is 4.68. The summed E-state index contributed by atoms with van der Waals surface area (Å²) in [5.41, 5.74) is 5.17. The maximum absolute atomic E-state index is 5.39. The van der Waals surface area contributed by atoms with E-state index in [1.807, 2.05) is 18.2 Å². The summed E-state index contributed by atoms with van der Waals surface area (Å²) in [6.45, 7) is 8.32. The molecule has 1 saturated heterocycles. The summed E-state index contributed by atoms with van der Waals surface area (Å²) in [6.07, 6.45) is 3.66. The summed E-state index contributed by atoms with van der Waals surface area (Å²) >= 11 is 0. The largest absolute Gasteiger partial charge is 0.497 e. The first-order valence-corrected chi connectivity index (χ1v) is 10.7. The standard InChI is InChI=1S/C24H28N6O/c1-15-12-19-21(27-15)25-14-26-22(19)30-10-8-24(3,9-11-30)23-28-16(2)20(29-23)17-6-5-7-18(13-17)31-4/h5-7,12-14H,8-11H2,1-4H3,(H,28,29)(H,25,26,27). The topological polar surface area (TPSA) is 82.7 Å². The SMILES string of the molecule is COc1cccc(-c2nc(C3(C)CCN(c4ncnc5[nH]c(C)cc45)CC3)[nH]c2C)c1. The predicted molar refractivity (Wildman–Crippen MR) is 123 cm³/mol. The molecule has 160 valence electrons. The molecule has 0 aliphatic carbocycles. The molecule has 0 bridgehead atoms. The van der Waals surface area contributed by atoms with Gasteiger partial charge in [-0.2, -0.15) is 0 Å². The Bertz CT molecular complexity index is 1230. The number of nitrogens with zero attached hydrogens (tertiary/aromatic N) is 4. The van der Waals surface area contributed by atoms with Crippen LogP contribution < -0.4 is 9.64 Å². The van der Waals surface area contributed by atoms with Gasteiger partial charge < -0.3 is 19.6 Å². The molecular formula is C24H28N6O. The maximum atomic E-state index is 5.39. The minimum atomic E-state index is -0.00140. The molecule has 0 radical (unpaired) electrons. The van der Waals surface area contributed by atoms with E-state index in [0.717, 1.165) is 77.0 Å². The molecule has 0 unspecified atom stereocenters. The van der Waals surface area contributed by atoms with Crippen molar-refractivity contribution in [2.75, 3.05) is 25.1 Å². The first-order chi connectivity index (χ1) is 15.0. The van der Waals surface area contributed by atoms with Crippen LogP contribution in [-0.2, 0) is 5.41 Å². The maximum Gasteiger partial charge on any atom is 0.143 e. The monoisotopic (exact) mass is 416 g/mol. The van der Waals surface area contributed by atoms with Crippen LogP contribution in [0.3, 0.4) is 0 Å². The second kappa shape index (κ2) is 7.41. The van der Waals surface area contributed by atoms with Crippen LogP contribution in [0.25, 0.3) is 22.3 Å². The van der Waals surface area contributed by atoms with Crippen LogP contribution in [0.5, 0.6) is 5.75 Å². The predicted octanol–water partition coefficient (Wildman–Crippen LogP) is 4.53. The summed E-state index contributed by atoms with van der Waals surface area (Å²) in [5, 5.41) is 1.10. The van der Waals surface area contributed by atoms with E-state index >= 15 is 0 Å². The summed E-state index contributed by atoms with van der Waals surface area (Å²) in [5.74, 6) is 2.93. The third-order valence-electron chi connectivity index (χ3n) is 6.51. The van der Waals surface area contributed by atoms with Crippen molar-refractivity contribution in [2.24, 2.45) is 0 Å². The second-order valence-corrected chi connectivity index (χ2v) is 8.75. The zero-order chi connectivity index (χ0) is 21.6.